The molecule has 0 radical (unpaired) electrons. The van der Waals surface area contributed by atoms with Crippen molar-refractivity contribution in [3.8, 4) is 0 Å². The quantitative estimate of drug-likeness (QED) is 0.581. The molecule has 0 saturated carbocycles. The van der Waals surface area contributed by atoms with Crippen LogP contribution in [0.15, 0.2) is 12.3 Å². The second-order valence-electron chi connectivity index (χ2n) is 4.24. The van der Waals surface area contributed by atoms with Crippen molar-refractivity contribution >= 4 is 5.69 Å². The Kier molecular flexibility index (Phi) is 3.75. The van der Waals surface area contributed by atoms with Gasteiger partial charge in [-0.15, -0.1) is 0 Å². The highest BCUT2D eigenvalue weighted by Crippen LogP contribution is 2.15. The van der Waals surface area contributed by atoms with Crippen LogP contribution in [0.2, 0.25) is 0 Å². The van der Waals surface area contributed by atoms with Crippen molar-refractivity contribution in [3.63, 3.8) is 0 Å². The van der Waals surface area contributed by atoms with Gasteiger partial charge in [0.25, 0.3) is 5.69 Å². The third-order valence-corrected chi connectivity index (χ3v) is 3.07. The molecule has 6 nitrogen and oxygen atoms in total. The van der Waals surface area contributed by atoms with Crippen molar-refractivity contribution in [2.45, 2.75) is 13.5 Å². The Morgan fingerprint density at radius 1 is 1.41 bits per heavy atom. The summed E-state index contributed by atoms with van der Waals surface area (Å²) in [7, 11) is 0. The number of aromatic nitrogens is 1. The first kappa shape index (κ1) is 12.1. The molecule has 2 heterocycles. The van der Waals surface area contributed by atoms with Crippen LogP contribution in [0.25, 0.3) is 0 Å². The van der Waals surface area contributed by atoms with E-state index in [1.54, 1.807) is 12.3 Å². The van der Waals surface area contributed by atoms with Crippen LogP contribution in [-0.2, 0) is 11.3 Å². The van der Waals surface area contributed by atoms with Crippen molar-refractivity contribution < 1.29 is 9.66 Å². The van der Waals surface area contributed by atoms with Gasteiger partial charge in [0.15, 0.2) is 0 Å². The smallest absolute Gasteiger partial charge is 0.287 e. The normalized spacial score (nSPS) is 17.2. The van der Waals surface area contributed by atoms with Gasteiger partial charge in [0.2, 0.25) is 0 Å². The zero-order valence-electron chi connectivity index (χ0n) is 9.96. The van der Waals surface area contributed by atoms with Gasteiger partial charge in [-0.2, -0.15) is 0 Å². The third kappa shape index (κ3) is 3.04. The highest BCUT2D eigenvalue weighted by molar-refractivity contribution is 5.30. The molecule has 0 spiro atoms. The molecule has 0 atom stereocenters. The Balaban J connectivity index is 1.91. The second-order valence-corrected chi connectivity index (χ2v) is 4.24. The van der Waals surface area contributed by atoms with E-state index in [1.807, 2.05) is 11.5 Å². The molecule has 0 amide bonds. The molecule has 1 aromatic heterocycles. The molecular weight excluding hydrogens is 222 g/mol. The molecule has 1 saturated heterocycles. The summed E-state index contributed by atoms with van der Waals surface area (Å²) in [6.07, 6.45) is 1.61. The first-order valence-electron chi connectivity index (χ1n) is 5.78. The Morgan fingerprint density at radius 2 is 2.12 bits per heavy atom. The third-order valence-electron chi connectivity index (χ3n) is 3.07. The standard InChI is InChI=1S/C11H17N3O3/c1-10-8-11(14(15)16)9-13(10)3-2-12-4-6-17-7-5-12/h8-9H,2-7H2,1H3. The van der Waals surface area contributed by atoms with E-state index in [2.05, 4.69) is 4.90 Å². The van der Waals surface area contributed by atoms with Gasteiger partial charge in [-0.3, -0.25) is 15.0 Å². The van der Waals surface area contributed by atoms with Crippen LogP contribution in [-0.4, -0.2) is 47.2 Å². The summed E-state index contributed by atoms with van der Waals surface area (Å²) in [4.78, 5) is 12.6. The van der Waals surface area contributed by atoms with E-state index in [-0.39, 0.29) is 10.6 Å². The average Bonchev–Trinajstić information content (AvgIpc) is 2.70. The number of hydrogen-bond donors (Lipinski definition) is 0. The van der Waals surface area contributed by atoms with E-state index >= 15 is 0 Å². The van der Waals surface area contributed by atoms with E-state index in [0.717, 1.165) is 45.1 Å². The topological polar surface area (TPSA) is 60.5 Å². The largest absolute Gasteiger partial charge is 0.379 e. The number of nitro groups is 1. The van der Waals surface area contributed by atoms with E-state index in [1.165, 1.54) is 0 Å². The minimum Gasteiger partial charge on any atom is -0.379 e. The predicted molar refractivity (Wildman–Crippen MR) is 63.1 cm³/mol. The van der Waals surface area contributed by atoms with E-state index < -0.39 is 0 Å². The fourth-order valence-corrected chi connectivity index (χ4v) is 2.01. The number of morpholine rings is 1. The SMILES string of the molecule is Cc1cc([N+](=O)[O-])cn1CCN1CCOCC1. The van der Waals surface area contributed by atoms with Crippen LogP contribution < -0.4 is 0 Å². The first-order chi connectivity index (χ1) is 8.16. The van der Waals surface area contributed by atoms with Gasteiger partial charge in [-0.05, 0) is 6.92 Å². The van der Waals surface area contributed by atoms with Gasteiger partial charge in [0, 0.05) is 37.9 Å². The summed E-state index contributed by atoms with van der Waals surface area (Å²) in [5.74, 6) is 0. The van der Waals surface area contributed by atoms with Crippen LogP contribution >= 0.6 is 0 Å². The molecule has 94 valence electrons. The Morgan fingerprint density at radius 3 is 2.71 bits per heavy atom. The molecule has 0 unspecified atom stereocenters. The van der Waals surface area contributed by atoms with Crippen molar-refractivity contribution in [2.24, 2.45) is 0 Å². The maximum absolute atomic E-state index is 10.6. The molecule has 0 aromatic carbocycles. The van der Waals surface area contributed by atoms with Crippen molar-refractivity contribution in [2.75, 3.05) is 32.8 Å². The first-order valence-corrected chi connectivity index (χ1v) is 5.78. The van der Waals surface area contributed by atoms with Crippen molar-refractivity contribution in [1.29, 1.82) is 0 Å². The van der Waals surface area contributed by atoms with E-state index in [0.29, 0.717) is 0 Å². The van der Waals surface area contributed by atoms with Gasteiger partial charge in [0.1, 0.15) is 0 Å². The molecule has 2 rings (SSSR count). The predicted octanol–water partition coefficient (Wildman–Crippen LogP) is 1.04. The number of ether oxygens (including phenoxy) is 1. The van der Waals surface area contributed by atoms with Crippen LogP contribution in [0.4, 0.5) is 5.69 Å². The molecule has 0 bridgehead atoms. The van der Waals surface area contributed by atoms with E-state index in [4.69, 9.17) is 4.74 Å². The lowest BCUT2D eigenvalue weighted by Gasteiger charge is -2.26. The van der Waals surface area contributed by atoms with Crippen LogP contribution in [0.1, 0.15) is 5.69 Å². The lowest BCUT2D eigenvalue weighted by atomic mass is 10.4. The molecule has 1 fully saturated rings. The molecule has 17 heavy (non-hydrogen) atoms. The lowest BCUT2D eigenvalue weighted by molar-refractivity contribution is -0.384. The van der Waals surface area contributed by atoms with Crippen LogP contribution in [0.5, 0.6) is 0 Å². The molecule has 0 N–H and O–H groups in total. The number of aryl methyl sites for hydroxylation is 1. The maximum atomic E-state index is 10.6. The minimum absolute atomic E-state index is 0.171. The highest BCUT2D eigenvalue weighted by atomic mass is 16.6. The van der Waals surface area contributed by atoms with E-state index in [9.17, 15) is 10.1 Å². The summed E-state index contributed by atoms with van der Waals surface area (Å²) in [5, 5.41) is 10.6. The zero-order valence-corrected chi connectivity index (χ0v) is 9.96. The Bertz CT molecular complexity index is 397. The van der Waals surface area contributed by atoms with Crippen molar-refractivity contribution in [3.05, 3.63) is 28.1 Å². The van der Waals surface area contributed by atoms with Gasteiger partial charge < -0.3 is 9.30 Å². The summed E-state index contributed by atoms with van der Waals surface area (Å²) in [5.41, 5.74) is 1.11. The molecule has 1 aliphatic heterocycles. The molecular formula is C11H17N3O3. The van der Waals surface area contributed by atoms with Crippen molar-refractivity contribution in [1.82, 2.24) is 9.47 Å². The minimum atomic E-state index is -0.349. The average molecular weight is 239 g/mol. The van der Waals surface area contributed by atoms with Gasteiger partial charge >= 0.3 is 0 Å². The number of rotatable bonds is 4. The number of hydrogen-bond acceptors (Lipinski definition) is 4. The lowest BCUT2D eigenvalue weighted by Crippen LogP contribution is -2.38. The van der Waals surface area contributed by atoms with Crippen LogP contribution in [0, 0.1) is 17.0 Å². The molecule has 6 heteroatoms. The monoisotopic (exact) mass is 239 g/mol. The number of nitrogens with zero attached hydrogens (tertiary/aromatic N) is 3. The fraction of sp³-hybridized carbons (Fsp3) is 0.636. The summed E-state index contributed by atoms with van der Waals surface area (Å²) in [6, 6.07) is 1.61. The van der Waals surface area contributed by atoms with Crippen LogP contribution in [0.3, 0.4) is 0 Å². The Hall–Kier alpha value is -1.40. The fourth-order valence-electron chi connectivity index (χ4n) is 2.01. The second kappa shape index (κ2) is 5.29. The maximum Gasteiger partial charge on any atom is 0.287 e. The zero-order chi connectivity index (χ0) is 12.3. The van der Waals surface area contributed by atoms with Gasteiger partial charge in [-0.25, -0.2) is 0 Å². The molecule has 1 aliphatic rings. The van der Waals surface area contributed by atoms with Gasteiger partial charge in [0.05, 0.1) is 24.3 Å². The highest BCUT2D eigenvalue weighted by Gasteiger charge is 2.13. The molecule has 1 aromatic rings. The summed E-state index contributed by atoms with van der Waals surface area (Å²) in [6.45, 7) is 7.06. The molecule has 0 aliphatic carbocycles. The Labute approximate surface area is 99.9 Å². The summed E-state index contributed by atoms with van der Waals surface area (Å²) >= 11 is 0. The summed E-state index contributed by atoms with van der Waals surface area (Å²) < 4.78 is 7.21. The van der Waals surface area contributed by atoms with Gasteiger partial charge in [-0.1, -0.05) is 0 Å².